The molecule has 0 radical (unpaired) electrons. The standard InChI is InChI=1S/C16H14ClN3O4S/c1-2-24-15-8-7-13(25(17,22)23)9-14(15)20-16(21)19-12-5-3-11(10-18)4-6-12/h3-9H,2H2,1H3,(H2,19,20,21). The number of anilines is 2. The van der Waals surface area contributed by atoms with E-state index in [0.29, 0.717) is 23.6 Å². The van der Waals surface area contributed by atoms with Crippen LogP contribution in [-0.4, -0.2) is 21.1 Å². The minimum absolute atomic E-state index is 0.161. The van der Waals surface area contributed by atoms with Crippen molar-refractivity contribution in [2.75, 3.05) is 17.2 Å². The minimum atomic E-state index is -3.95. The van der Waals surface area contributed by atoms with Gasteiger partial charge in [-0.3, -0.25) is 0 Å². The minimum Gasteiger partial charge on any atom is -0.492 e. The third kappa shape index (κ3) is 5.11. The molecular formula is C16H14ClN3O4S. The van der Waals surface area contributed by atoms with Crippen LogP contribution in [0.2, 0.25) is 0 Å². The highest BCUT2D eigenvalue weighted by Gasteiger charge is 2.15. The van der Waals surface area contributed by atoms with Crippen molar-refractivity contribution < 1.29 is 17.9 Å². The molecule has 0 aliphatic heterocycles. The number of nitrogens with one attached hydrogen (secondary N) is 2. The Kier molecular flexibility index (Phi) is 5.85. The van der Waals surface area contributed by atoms with Crippen molar-refractivity contribution in [1.82, 2.24) is 0 Å². The fourth-order valence-corrected chi connectivity index (χ4v) is 2.73. The van der Waals surface area contributed by atoms with Crippen LogP contribution in [0.3, 0.4) is 0 Å². The first-order valence-corrected chi connectivity index (χ1v) is 9.44. The molecule has 0 bridgehead atoms. The zero-order valence-electron chi connectivity index (χ0n) is 13.1. The largest absolute Gasteiger partial charge is 0.492 e. The zero-order chi connectivity index (χ0) is 18.4. The van der Waals surface area contributed by atoms with Gasteiger partial charge in [-0.25, -0.2) is 13.2 Å². The van der Waals surface area contributed by atoms with Crippen LogP contribution in [-0.2, 0) is 9.05 Å². The number of benzene rings is 2. The summed E-state index contributed by atoms with van der Waals surface area (Å²) in [4.78, 5) is 12.0. The van der Waals surface area contributed by atoms with Gasteiger partial charge in [0.15, 0.2) is 0 Å². The Morgan fingerprint density at radius 2 is 1.88 bits per heavy atom. The Balaban J connectivity index is 2.21. The maximum atomic E-state index is 12.1. The summed E-state index contributed by atoms with van der Waals surface area (Å²) in [6, 6.07) is 11.5. The summed E-state index contributed by atoms with van der Waals surface area (Å²) in [5.74, 6) is 0.307. The summed E-state index contributed by atoms with van der Waals surface area (Å²) in [7, 11) is 1.39. The lowest BCUT2D eigenvalue weighted by Gasteiger charge is -2.13. The number of urea groups is 1. The van der Waals surface area contributed by atoms with E-state index < -0.39 is 15.1 Å². The average Bonchev–Trinajstić information content (AvgIpc) is 2.56. The van der Waals surface area contributed by atoms with Gasteiger partial charge < -0.3 is 15.4 Å². The Morgan fingerprint density at radius 1 is 1.20 bits per heavy atom. The quantitative estimate of drug-likeness (QED) is 0.772. The van der Waals surface area contributed by atoms with E-state index in [1.165, 1.54) is 18.2 Å². The molecule has 0 heterocycles. The van der Waals surface area contributed by atoms with E-state index in [-0.39, 0.29) is 10.6 Å². The van der Waals surface area contributed by atoms with Crippen molar-refractivity contribution in [3.63, 3.8) is 0 Å². The van der Waals surface area contributed by atoms with E-state index >= 15 is 0 Å². The molecule has 0 atom stereocenters. The summed E-state index contributed by atoms with van der Waals surface area (Å²) in [5, 5.41) is 13.8. The van der Waals surface area contributed by atoms with E-state index in [9.17, 15) is 13.2 Å². The van der Waals surface area contributed by atoms with Gasteiger partial charge in [-0.15, -0.1) is 0 Å². The number of nitrogens with zero attached hydrogens (tertiary/aromatic N) is 1. The van der Waals surface area contributed by atoms with Gasteiger partial charge in [0.05, 0.1) is 28.8 Å². The predicted molar refractivity (Wildman–Crippen MR) is 94.4 cm³/mol. The number of ether oxygens (including phenoxy) is 1. The van der Waals surface area contributed by atoms with Gasteiger partial charge in [0.25, 0.3) is 9.05 Å². The fourth-order valence-electron chi connectivity index (χ4n) is 1.95. The lowest BCUT2D eigenvalue weighted by Crippen LogP contribution is -2.20. The number of rotatable bonds is 5. The van der Waals surface area contributed by atoms with Crippen molar-refractivity contribution in [1.29, 1.82) is 5.26 Å². The lowest BCUT2D eigenvalue weighted by molar-refractivity contribution is 0.262. The normalized spacial score (nSPS) is 10.6. The maximum absolute atomic E-state index is 12.1. The molecule has 0 fully saturated rings. The van der Waals surface area contributed by atoms with Crippen molar-refractivity contribution in [2.45, 2.75) is 11.8 Å². The van der Waals surface area contributed by atoms with Gasteiger partial charge >= 0.3 is 6.03 Å². The fraction of sp³-hybridized carbons (Fsp3) is 0.125. The highest BCUT2D eigenvalue weighted by Crippen LogP contribution is 2.29. The summed E-state index contributed by atoms with van der Waals surface area (Å²) >= 11 is 0. The first kappa shape index (κ1) is 18.6. The van der Waals surface area contributed by atoms with Crippen molar-refractivity contribution >= 4 is 37.1 Å². The third-order valence-electron chi connectivity index (χ3n) is 3.05. The van der Waals surface area contributed by atoms with Crippen LogP contribution in [0, 0.1) is 11.3 Å². The van der Waals surface area contributed by atoms with Crippen molar-refractivity contribution in [3.05, 3.63) is 48.0 Å². The van der Waals surface area contributed by atoms with Crippen LogP contribution in [0.4, 0.5) is 16.2 Å². The molecule has 2 rings (SSSR count). The topological polar surface area (TPSA) is 108 Å². The molecule has 9 heteroatoms. The van der Waals surface area contributed by atoms with Crippen LogP contribution in [0.25, 0.3) is 0 Å². The second-order valence-electron chi connectivity index (χ2n) is 4.80. The third-order valence-corrected chi connectivity index (χ3v) is 4.40. The van der Waals surface area contributed by atoms with Gasteiger partial charge in [-0.1, -0.05) is 0 Å². The van der Waals surface area contributed by atoms with E-state index in [0.717, 1.165) is 0 Å². The molecule has 0 aromatic heterocycles. The summed E-state index contributed by atoms with van der Waals surface area (Å²) < 4.78 is 28.3. The van der Waals surface area contributed by atoms with Gasteiger partial charge in [0.1, 0.15) is 5.75 Å². The van der Waals surface area contributed by atoms with E-state index in [1.54, 1.807) is 31.2 Å². The number of amides is 2. The maximum Gasteiger partial charge on any atom is 0.323 e. The first-order valence-electron chi connectivity index (χ1n) is 7.13. The number of hydrogen-bond acceptors (Lipinski definition) is 5. The molecule has 0 aliphatic carbocycles. The van der Waals surface area contributed by atoms with Crippen LogP contribution in [0.15, 0.2) is 47.4 Å². The molecule has 0 saturated carbocycles. The summed E-state index contributed by atoms with van der Waals surface area (Å²) in [6.45, 7) is 2.09. The second-order valence-corrected chi connectivity index (χ2v) is 7.36. The highest BCUT2D eigenvalue weighted by molar-refractivity contribution is 8.13. The Morgan fingerprint density at radius 3 is 2.44 bits per heavy atom. The van der Waals surface area contributed by atoms with Crippen LogP contribution in [0.5, 0.6) is 5.75 Å². The van der Waals surface area contributed by atoms with E-state index in [1.807, 2.05) is 6.07 Å². The molecule has 0 unspecified atom stereocenters. The molecular weight excluding hydrogens is 366 g/mol. The van der Waals surface area contributed by atoms with Crippen molar-refractivity contribution in [2.24, 2.45) is 0 Å². The molecule has 7 nitrogen and oxygen atoms in total. The van der Waals surface area contributed by atoms with E-state index in [2.05, 4.69) is 10.6 Å². The predicted octanol–water partition coefficient (Wildman–Crippen LogP) is 3.53. The number of carbonyl (C=O) groups is 1. The molecule has 2 aromatic rings. The zero-order valence-corrected chi connectivity index (χ0v) is 14.7. The molecule has 0 spiro atoms. The Hall–Kier alpha value is -2.76. The highest BCUT2D eigenvalue weighted by atomic mass is 35.7. The lowest BCUT2D eigenvalue weighted by atomic mass is 10.2. The van der Waals surface area contributed by atoms with Crippen molar-refractivity contribution in [3.8, 4) is 11.8 Å². The van der Waals surface area contributed by atoms with Gasteiger partial charge in [-0.2, -0.15) is 5.26 Å². The molecule has 0 saturated heterocycles. The smallest absolute Gasteiger partial charge is 0.323 e. The number of carbonyl (C=O) groups excluding carboxylic acids is 1. The molecule has 0 aliphatic rings. The van der Waals surface area contributed by atoms with Gasteiger partial charge in [0.2, 0.25) is 0 Å². The summed E-state index contributed by atoms with van der Waals surface area (Å²) in [6.07, 6.45) is 0. The molecule has 130 valence electrons. The van der Waals surface area contributed by atoms with Gasteiger partial charge in [-0.05, 0) is 49.4 Å². The van der Waals surface area contributed by atoms with E-state index in [4.69, 9.17) is 20.7 Å². The number of hydrogen-bond donors (Lipinski definition) is 2. The van der Waals surface area contributed by atoms with Crippen LogP contribution >= 0.6 is 10.7 Å². The van der Waals surface area contributed by atoms with Crippen LogP contribution in [0.1, 0.15) is 12.5 Å². The number of nitriles is 1. The molecule has 2 amide bonds. The number of halogens is 1. The van der Waals surface area contributed by atoms with Crippen LogP contribution < -0.4 is 15.4 Å². The SMILES string of the molecule is CCOc1ccc(S(=O)(=O)Cl)cc1NC(=O)Nc1ccc(C#N)cc1. The van der Waals surface area contributed by atoms with Gasteiger partial charge in [0, 0.05) is 16.4 Å². The summed E-state index contributed by atoms with van der Waals surface area (Å²) in [5.41, 5.74) is 1.09. The Bertz CT molecular complexity index is 921. The average molecular weight is 380 g/mol. The molecule has 25 heavy (non-hydrogen) atoms. The second kappa shape index (κ2) is 7.88. The molecule has 2 N–H and O–H groups in total. The Labute approximate surface area is 149 Å². The first-order chi connectivity index (χ1) is 11.8. The monoisotopic (exact) mass is 379 g/mol. The molecule has 2 aromatic carbocycles.